The molecule has 1 aliphatic carbocycles. The van der Waals surface area contributed by atoms with Gasteiger partial charge in [-0.3, -0.25) is 15.0 Å². The van der Waals surface area contributed by atoms with E-state index in [2.05, 4.69) is 15.6 Å². The number of carboxylic acid groups (broad SMARTS) is 1. The molecule has 1 saturated carbocycles. The van der Waals surface area contributed by atoms with Gasteiger partial charge in [0.05, 0.1) is 5.69 Å². The summed E-state index contributed by atoms with van der Waals surface area (Å²) in [6, 6.07) is -1.68. The van der Waals surface area contributed by atoms with Gasteiger partial charge in [-0.1, -0.05) is 0 Å². The average Bonchev–Trinajstić information content (AvgIpc) is 3.19. The summed E-state index contributed by atoms with van der Waals surface area (Å²) in [5.74, 6) is -1.04. The molecule has 0 aromatic carbocycles. The van der Waals surface area contributed by atoms with Crippen LogP contribution < -0.4 is 10.6 Å². The molecule has 3 rings (SSSR count). The van der Waals surface area contributed by atoms with E-state index in [1.54, 1.807) is 0 Å². The molecule has 3 amide bonds. The number of rotatable bonds is 3. The lowest BCUT2D eigenvalue weighted by molar-refractivity contribution is -0.144. The number of anilines is 1. The second-order valence-corrected chi connectivity index (χ2v) is 5.93. The third-order valence-electron chi connectivity index (χ3n) is 3.46. The number of nitrogens with one attached hydrogen (secondary N) is 2. The Morgan fingerprint density at radius 1 is 1.48 bits per heavy atom. The molecule has 3 N–H and O–H groups in total. The van der Waals surface area contributed by atoms with E-state index in [1.165, 1.54) is 11.3 Å². The predicted molar refractivity (Wildman–Crippen MR) is 74.2 cm³/mol. The highest BCUT2D eigenvalue weighted by Crippen LogP contribution is 2.40. The molecule has 0 spiro atoms. The molecule has 2 aliphatic rings. The van der Waals surface area contributed by atoms with Crippen molar-refractivity contribution in [3.05, 3.63) is 11.1 Å². The number of carbonyl (C=O) groups excluding carboxylic acids is 2. The summed E-state index contributed by atoms with van der Waals surface area (Å²) < 4.78 is 0. The molecule has 9 heteroatoms. The monoisotopic (exact) mass is 310 g/mol. The lowest BCUT2D eigenvalue weighted by Gasteiger charge is -2.32. The second kappa shape index (κ2) is 5.32. The van der Waals surface area contributed by atoms with Gasteiger partial charge in [-0.25, -0.2) is 14.6 Å². The zero-order valence-corrected chi connectivity index (χ0v) is 11.9. The zero-order chi connectivity index (χ0) is 15.0. The van der Waals surface area contributed by atoms with Crippen molar-refractivity contribution < 1.29 is 19.5 Å². The number of hydrogen-bond donors (Lipinski definition) is 3. The molecular formula is C12H14N4O4S. The maximum Gasteiger partial charge on any atom is 0.328 e. The Kier molecular flexibility index (Phi) is 3.50. The van der Waals surface area contributed by atoms with Crippen molar-refractivity contribution in [2.45, 2.75) is 24.8 Å². The Bertz CT molecular complexity index is 598. The van der Waals surface area contributed by atoms with Crippen LogP contribution in [0.25, 0.3) is 0 Å². The fraction of sp³-hybridized carbons (Fsp3) is 0.500. The summed E-state index contributed by atoms with van der Waals surface area (Å²) in [7, 11) is 0. The van der Waals surface area contributed by atoms with Gasteiger partial charge in [0.15, 0.2) is 5.13 Å². The highest BCUT2D eigenvalue weighted by molar-refractivity contribution is 7.13. The number of aliphatic carboxylic acids is 1. The fourth-order valence-corrected chi connectivity index (χ4v) is 2.93. The molecule has 1 aromatic rings. The maximum atomic E-state index is 12.2. The number of urea groups is 1. The normalized spacial score (nSPS) is 21.8. The molecule has 1 aromatic heterocycles. The molecule has 1 saturated heterocycles. The molecule has 2 fully saturated rings. The molecule has 1 unspecified atom stereocenters. The third-order valence-corrected chi connectivity index (χ3v) is 4.24. The van der Waals surface area contributed by atoms with Crippen molar-refractivity contribution in [2.75, 3.05) is 18.4 Å². The van der Waals surface area contributed by atoms with Gasteiger partial charge in [-0.05, 0) is 12.8 Å². The van der Waals surface area contributed by atoms with Crippen molar-refractivity contribution in [2.24, 2.45) is 0 Å². The lowest BCUT2D eigenvalue weighted by Crippen LogP contribution is -2.60. The summed E-state index contributed by atoms with van der Waals surface area (Å²) in [6.45, 7) is -0.365. The van der Waals surface area contributed by atoms with Crippen molar-refractivity contribution >= 4 is 34.4 Å². The van der Waals surface area contributed by atoms with E-state index in [0.29, 0.717) is 11.0 Å². The number of nitrogens with zero attached hydrogens (tertiary/aromatic N) is 2. The van der Waals surface area contributed by atoms with Crippen molar-refractivity contribution in [3.8, 4) is 0 Å². The number of aromatic nitrogens is 1. The predicted octanol–water partition coefficient (Wildman–Crippen LogP) is 0.437. The summed E-state index contributed by atoms with van der Waals surface area (Å²) >= 11 is 1.30. The molecule has 21 heavy (non-hydrogen) atoms. The van der Waals surface area contributed by atoms with Gasteiger partial charge >= 0.3 is 12.0 Å². The quantitative estimate of drug-likeness (QED) is 0.750. The number of piperazine rings is 1. The molecule has 2 heterocycles. The van der Waals surface area contributed by atoms with Crippen LogP contribution >= 0.6 is 11.3 Å². The van der Waals surface area contributed by atoms with Crippen LogP contribution in [0.15, 0.2) is 5.38 Å². The molecule has 0 radical (unpaired) electrons. The van der Waals surface area contributed by atoms with Gasteiger partial charge in [0, 0.05) is 17.8 Å². The van der Waals surface area contributed by atoms with E-state index >= 15 is 0 Å². The highest BCUT2D eigenvalue weighted by atomic mass is 32.1. The summed E-state index contributed by atoms with van der Waals surface area (Å²) in [5, 5.41) is 16.4. The summed E-state index contributed by atoms with van der Waals surface area (Å²) in [4.78, 5) is 40.0. The van der Waals surface area contributed by atoms with Crippen LogP contribution in [0.1, 0.15) is 24.5 Å². The van der Waals surface area contributed by atoms with Crippen LogP contribution in [0.4, 0.5) is 9.93 Å². The Morgan fingerprint density at radius 3 is 2.90 bits per heavy atom. The molecule has 1 aliphatic heterocycles. The standard InChI is InChI=1S/C12H14N4O4S/c17-9-4-16(8(3-13-9)10(18)19)12(20)15-11-14-7(5-21-11)6-1-2-6/h5-6,8H,1-4H2,(H,13,17)(H,18,19)(H,14,15,20). The average molecular weight is 310 g/mol. The van der Waals surface area contributed by atoms with Crippen LogP contribution in [0.3, 0.4) is 0 Å². The fourth-order valence-electron chi connectivity index (χ4n) is 2.15. The molecule has 1 atom stereocenters. The number of thiazole rings is 1. The van der Waals surface area contributed by atoms with Crippen molar-refractivity contribution in [1.29, 1.82) is 0 Å². The van der Waals surface area contributed by atoms with Gasteiger partial charge in [-0.15, -0.1) is 11.3 Å². The Hall–Kier alpha value is -2.16. The van der Waals surface area contributed by atoms with Crippen LogP contribution in [0, 0.1) is 0 Å². The first-order valence-corrected chi connectivity index (χ1v) is 7.45. The van der Waals surface area contributed by atoms with E-state index in [1.807, 2.05) is 5.38 Å². The smallest absolute Gasteiger partial charge is 0.328 e. The van der Waals surface area contributed by atoms with Gasteiger partial charge in [0.2, 0.25) is 5.91 Å². The van der Waals surface area contributed by atoms with E-state index in [0.717, 1.165) is 23.4 Å². The largest absolute Gasteiger partial charge is 0.480 e. The van der Waals surface area contributed by atoms with Crippen molar-refractivity contribution in [1.82, 2.24) is 15.2 Å². The van der Waals surface area contributed by atoms with Crippen molar-refractivity contribution in [3.63, 3.8) is 0 Å². The third kappa shape index (κ3) is 2.97. The second-order valence-electron chi connectivity index (χ2n) is 5.07. The van der Waals surface area contributed by atoms with Gasteiger partial charge in [-0.2, -0.15) is 0 Å². The van der Waals surface area contributed by atoms with E-state index in [9.17, 15) is 14.4 Å². The van der Waals surface area contributed by atoms with E-state index in [4.69, 9.17) is 5.11 Å². The Balaban J connectivity index is 1.69. The number of carbonyl (C=O) groups is 3. The van der Waals surface area contributed by atoms with Crippen LogP contribution in [0.5, 0.6) is 0 Å². The van der Waals surface area contributed by atoms with Crippen LogP contribution in [-0.4, -0.2) is 52.0 Å². The SMILES string of the molecule is O=C1CN(C(=O)Nc2nc(C3CC3)cs2)C(C(=O)O)CN1. The van der Waals surface area contributed by atoms with Crippen LogP contribution in [0.2, 0.25) is 0 Å². The zero-order valence-electron chi connectivity index (χ0n) is 11.0. The Labute approximate surface area is 124 Å². The first-order chi connectivity index (χ1) is 10.0. The topological polar surface area (TPSA) is 112 Å². The molecule has 0 bridgehead atoms. The maximum absolute atomic E-state index is 12.2. The Morgan fingerprint density at radius 2 is 2.24 bits per heavy atom. The van der Waals surface area contributed by atoms with Gasteiger partial charge in [0.1, 0.15) is 12.6 Å². The van der Waals surface area contributed by atoms with E-state index < -0.39 is 18.0 Å². The molecule has 112 valence electrons. The van der Waals surface area contributed by atoms with E-state index in [-0.39, 0.29) is 19.0 Å². The molecular weight excluding hydrogens is 296 g/mol. The summed E-state index contributed by atoms with van der Waals surface area (Å²) in [5.41, 5.74) is 0.960. The number of carboxylic acids is 1. The highest BCUT2D eigenvalue weighted by Gasteiger charge is 2.35. The minimum Gasteiger partial charge on any atom is -0.480 e. The van der Waals surface area contributed by atoms with Crippen LogP contribution in [-0.2, 0) is 9.59 Å². The lowest BCUT2D eigenvalue weighted by atomic mass is 10.2. The first kappa shape index (κ1) is 13.8. The minimum absolute atomic E-state index is 0.0905. The number of amides is 3. The molecule has 8 nitrogen and oxygen atoms in total. The first-order valence-electron chi connectivity index (χ1n) is 6.57. The number of hydrogen-bond acceptors (Lipinski definition) is 5. The summed E-state index contributed by atoms with van der Waals surface area (Å²) in [6.07, 6.45) is 2.23. The van der Waals surface area contributed by atoms with Gasteiger partial charge < -0.3 is 10.4 Å². The van der Waals surface area contributed by atoms with Gasteiger partial charge in [0.25, 0.3) is 0 Å². The minimum atomic E-state index is -1.15.